The molecule has 1 aromatic carbocycles. The second-order valence-electron chi connectivity index (χ2n) is 6.68. The summed E-state index contributed by atoms with van der Waals surface area (Å²) in [5, 5.41) is 12.5. The zero-order valence-corrected chi connectivity index (χ0v) is 16.0. The van der Waals surface area contributed by atoms with Crippen LogP contribution in [0, 0.1) is 17.2 Å². The smallest absolute Gasteiger partial charge is 0.0991 e. The minimum absolute atomic E-state index is 0.0291. The van der Waals surface area contributed by atoms with Gasteiger partial charge in [-0.1, -0.05) is 33.8 Å². The Labute approximate surface area is 148 Å². The lowest BCUT2D eigenvalue weighted by atomic mass is 9.71. The monoisotopic (exact) mass is 327 g/mol. The summed E-state index contributed by atoms with van der Waals surface area (Å²) in [4.78, 5) is 2.54. The van der Waals surface area contributed by atoms with Gasteiger partial charge in [0.15, 0.2) is 0 Å². The molecule has 0 spiro atoms. The molecule has 1 heterocycles. The third-order valence-corrected chi connectivity index (χ3v) is 4.72. The van der Waals surface area contributed by atoms with Crippen molar-refractivity contribution in [3.63, 3.8) is 0 Å². The maximum absolute atomic E-state index is 9.22. The van der Waals surface area contributed by atoms with Crippen molar-refractivity contribution >= 4 is 5.69 Å². The Balaban J connectivity index is 0.00000139. The van der Waals surface area contributed by atoms with Gasteiger partial charge in [0.2, 0.25) is 0 Å². The molecule has 2 rings (SSSR count). The van der Waals surface area contributed by atoms with E-state index in [1.165, 1.54) is 5.56 Å². The molecule has 0 bridgehead atoms. The third kappa shape index (κ3) is 4.61. The van der Waals surface area contributed by atoms with Gasteiger partial charge < -0.3 is 10.2 Å². The van der Waals surface area contributed by atoms with Crippen molar-refractivity contribution < 1.29 is 0 Å². The summed E-state index contributed by atoms with van der Waals surface area (Å²) in [6, 6.07) is 8.18. The normalized spacial score (nSPS) is 16.7. The molecule has 0 atom stereocenters. The molecule has 0 unspecified atom stereocenters. The Hall–Kier alpha value is -1.79. The van der Waals surface area contributed by atoms with E-state index in [2.05, 4.69) is 42.8 Å². The molecule has 3 heteroatoms. The first-order valence-electron chi connectivity index (χ1n) is 9.13. The first-order valence-corrected chi connectivity index (χ1v) is 9.13. The van der Waals surface area contributed by atoms with E-state index in [9.17, 15) is 5.26 Å². The van der Waals surface area contributed by atoms with Crippen molar-refractivity contribution in [3.8, 4) is 6.07 Å². The molecule has 1 aliphatic rings. The average molecular weight is 328 g/mol. The van der Waals surface area contributed by atoms with Gasteiger partial charge in [0, 0.05) is 24.7 Å². The van der Waals surface area contributed by atoms with Crippen LogP contribution in [0.5, 0.6) is 0 Å². The van der Waals surface area contributed by atoms with Gasteiger partial charge in [-0.2, -0.15) is 5.26 Å². The number of nitrogens with one attached hydrogen (secondary N) is 1. The van der Waals surface area contributed by atoms with Gasteiger partial charge in [-0.05, 0) is 55.6 Å². The molecule has 1 aliphatic heterocycles. The number of allylic oxidation sites excluding steroid dienone is 1. The molecule has 1 saturated heterocycles. The summed E-state index contributed by atoms with van der Waals surface area (Å²) in [5.74, 6) is 0.700. The topological polar surface area (TPSA) is 39.1 Å². The SMILES string of the molecule is C=CC1(c2cc(C#N)ccc2NC)CCN(CC(C)C)CC1.CC. The number of likely N-dealkylation sites (tertiary alicyclic amines) is 1. The number of piperidine rings is 1. The molecule has 0 aromatic heterocycles. The quantitative estimate of drug-likeness (QED) is 0.789. The van der Waals surface area contributed by atoms with Gasteiger partial charge in [0.25, 0.3) is 0 Å². The predicted octanol–water partition coefficient (Wildman–Crippen LogP) is 4.80. The summed E-state index contributed by atoms with van der Waals surface area (Å²) in [7, 11) is 1.94. The maximum Gasteiger partial charge on any atom is 0.0991 e. The van der Waals surface area contributed by atoms with Gasteiger partial charge in [-0.15, -0.1) is 6.58 Å². The van der Waals surface area contributed by atoms with Crippen LogP contribution in [0.3, 0.4) is 0 Å². The lowest BCUT2D eigenvalue weighted by Gasteiger charge is -2.41. The average Bonchev–Trinajstić information content (AvgIpc) is 2.63. The molecular weight excluding hydrogens is 294 g/mol. The van der Waals surface area contributed by atoms with Crippen molar-refractivity contribution in [2.24, 2.45) is 5.92 Å². The highest BCUT2D eigenvalue weighted by atomic mass is 15.1. The number of anilines is 1. The number of benzene rings is 1. The molecule has 0 saturated carbocycles. The van der Waals surface area contributed by atoms with Gasteiger partial charge in [0.05, 0.1) is 11.6 Å². The van der Waals surface area contributed by atoms with E-state index in [0.717, 1.165) is 43.7 Å². The Morgan fingerprint density at radius 2 is 1.96 bits per heavy atom. The van der Waals surface area contributed by atoms with Crippen molar-refractivity contribution in [1.29, 1.82) is 5.26 Å². The van der Waals surface area contributed by atoms with Crippen LogP contribution in [0.4, 0.5) is 5.69 Å². The van der Waals surface area contributed by atoms with Gasteiger partial charge >= 0.3 is 0 Å². The van der Waals surface area contributed by atoms with E-state index >= 15 is 0 Å². The summed E-state index contributed by atoms with van der Waals surface area (Å²) >= 11 is 0. The van der Waals surface area contributed by atoms with E-state index in [1.807, 2.05) is 39.1 Å². The largest absolute Gasteiger partial charge is 0.388 e. The number of nitriles is 1. The molecule has 1 N–H and O–H groups in total. The first kappa shape index (κ1) is 20.3. The second-order valence-corrected chi connectivity index (χ2v) is 6.68. The van der Waals surface area contributed by atoms with Crippen molar-refractivity contribution in [2.75, 3.05) is 32.0 Å². The fraction of sp³-hybridized carbons (Fsp3) is 0.571. The van der Waals surface area contributed by atoms with Crippen LogP contribution in [-0.4, -0.2) is 31.6 Å². The van der Waals surface area contributed by atoms with Crippen molar-refractivity contribution in [1.82, 2.24) is 4.90 Å². The highest BCUT2D eigenvalue weighted by Crippen LogP contribution is 2.40. The van der Waals surface area contributed by atoms with E-state index < -0.39 is 0 Å². The fourth-order valence-corrected chi connectivity index (χ4v) is 3.48. The highest BCUT2D eigenvalue weighted by Gasteiger charge is 2.35. The summed E-state index contributed by atoms with van der Waals surface area (Å²) in [5.41, 5.74) is 3.02. The van der Waals surface area contributed by atoms with Crippen LogP contribution >= 0.6 is 0 Å². The molecule has 3 nitrogen and oxygen atoms in total. The van der Waals surface area contributed by atoms with Crippen LogP contribution in [0.15, 0.2) is 30.9 Å². The summed E-state index contributed by atoms with van der Waals surface area (Å²) in [6.07, 6.45) is 4.22. The third-order valence-electron chi connectivity index (χ3n) is 4.72. The van der Waals surface area contributed by atoms with Gasteiger partial charge in [0.1, 0.15) is 0 Å². The van der Waals surface area contributed by atoms with E-state index in [-0.39, 0.29) is 5.41 Å². The number of nitrogens with zero attached hydrogens (tertiary/aromatic N) is 2. The molecule has 24 heavy (non-hydrogen) atoms. The van der Waals surface area contributed by atoms with Crippen LogP contribution in [0.2, 0.25) is 0 Å². The molecule has 0 amide bonds. The first-order chi connectivity index (χ1) is 11.5. The number of rotatable bonds is 5. The summed E-state index contributed by atoms with van der Waals surface area (Å²) in [6.45, 7) is 16.0. The molecular formula is C21H33N3. The van der Waals surface area contributed by atoms with Crippen molar-refractivity contribution in [2.45, 2.75) is 46.0 Å². The zero-order valence-electron chi connectivity index (χ0n) is 16.0. The van der Waals surface area contributed by atoms with Crippen LogP contribution in [0.25, 0.3) is 0 Å². The predicted molar refractivity (Wildman–Crippen MR) is 104 cm³/mol. The summed E-state index contributed by atoms with van der Waals surface area (Å²) < 4.78 is 0. The Morgan fingerprint density at radius 3 is 2.42 bits per heavy atom. The van der Waals surface area contributed by atoms with Crippen LogP contribution in [-0.2, 0) is 5.41 Å². The van der Waals surface area contributed by atoms with E-state index in [4.69, 9.17) is 0 Å². The Bertz CT molecular complexity index is 561. The minimum atomic E-state index is -0.0291. The standard InChI is InChI=1S/C19H27N3.C2H6/c1-5-19(8-10-22(11-9-19)14-15(2)3)17-12-16(13-20)6-7-18(17)21-4;1-2/h5-7,12,15,21H,1,8-11,14H2,2-4H3;1-2H3. The van der Waals surface area contributed by atoms with Crippen LogP contribution < -0.4 is 5.32 Å². The lowest BCUT2D eigenvalue weighted by molar-refractivity contribution is 0.167. The lowest BCUT2D eigenvalue weighted by Crippen LogP contribution is -2.43. The maximum atomic E-state index is 9.22. The molecule has 0 radical (unpaired) electrons. The number of hydrogen-bond acceptors (Lipinski definition) is 3. The van der Waals surface area contributed by atoms with E-state index in [1.54, 1.807) is 0 Å². The molecule has 0 aliphatic carbocycles. The van der Waals surface area contributed by atoms with Gasteiger partial charge in [-0.25, -0.2) is 0 Å². The van der Waals surface area contributed by atoms with Crippen LogP contribution in [0.1, 0.15) is 51.7 Å². The van der Waals surface area contributed by atoms with Gasteiger partial charge in [-0.3, -0.25) is 0 Å². The van der Waals surface area contributed by atoms with Crippen molar-refractivity contribution in [3.05, 3.63) is 42.0 Å². The Morgan fingerprint density at radius 1 is 1.33 bits per heavy atom. The number of hydrogen-bond donors (Lipinski definition) is 1. The molecule has 132 valence electrons. The van der Waals surface area contributed by atoms with E-state index in [0.29, 0.717) is 5.92 Å². The zero-order chi connectivity index (χ0) is 18.2. The Kier molecular flexibility index (Phi) is 8.01. The fourth-order valence-electron chi connectivity index (χ4n) is 3.48. The second kappa shape index (κ2) is 9.49. The highest BCUT2D eigenvalue weighted by molar-refractivity contribution is 5.59. The molecule has 1 fully saturated rings. The molecule has 1 aromatic rings. The minimum Gasteiger partial charge on any atom is -0.388 e.